The molecule has 1 aromatic rings. The molecule has 3 unspecified atom stereocenters. The summed E-state index contributed by atoms with van der Waals surface area (Å²) in [5, 5.41) is 0. The number of hydrogen-bond donors (Lipinski definition) is 0. The van der Waals surface area contributed by atoms with Crippen LogP contribution >= 0.6 is 0 Å². The van der Waals surface area contributed by atoms with Crippen LogP contribution in [0, 0.1) is 34.5 Å². The summed E-state index contributed by atoms with van der Waals surface area (Å²) in [5.41, 5.74) is 1.34. The van der Waals surface area contributed by atoms with Gasteiger partial charge in [-0.05, 0) is 91.7 Å². The lowest BCUT2D eigenvalue weighted by Crippen LogP contribution is -2.30. The molecule has 0 radical (unpaired) electrons. The number of fused-ring (bicyclic) bond motifs is 1. The average molecular weight is 385 g/mol. The van der Waals surface area contributed by atoms with E-state index in [0.29, 0.717) is 23.0 Å². The second-order valence-electron chi connectivity index (χ2n) is 11.6. The number of carbonyl (C=O) groups excluding carboxylic acids is 1. The highest BCUT2D eigenvalue weighted by Crippen LogP contribution is 2.54. The van der Waals surface area contributed by atoms with Crippen LogP contribution in [0.25, 0.3) is 0 Å². The van der Waals surface area contributed by atoms with Crippen LogP contribution in [0.3, 0.4) is 0 Å². The molecular weight excluding hydrogens is 344 g/mol. The van der Waals surface area contributed by atoms with Crippen molar-refractivity contribution in [1.29, 1.82) is 0 Å². The Bertz CT molecular complexity index is 665. The maximum absolute atomic E-state index is 12.9. The smallest absolute Gasteiger partial charge is 0.317 e. The number of benzene rings is 1. The topological polar surface area (TPSA) is 26.3 Å². The van der Waals surface area contributed by atoms with Gasteiger partial charge in [-0.25, -0.2) is 0 Å². The maximum atomic E-state index is 12.9. The van der Waals surface area contributed by atoms with E-state index in [2.05, 4.69) is 60.6 Å². The summed E-state index contributed by atoms with van der Waals surface area (Å²) >= 11 is 0. The maximum Gasteiger partial charge on any atom is 0.317 e. The highest BCUT2D eigenvalue weighted by Gasteiger charge is 2.50. The molecule has 0 heterocycles. The zero-order valence-electron chi connectivity index (χ0n) is 19.0. The van der Waals surface area contributed by atoms with Gasteiger partial charge in [0.15, 0.2) is 0 Å². The summed E-state index contributed by atoms with van der Waals surface area (Å²) < 4.78 is 5.85. The van der Waals surface area contributed by atoms with Crippen molar-refractivity contribution in [2.45, 2.75) is 86.5 Å². The zero-order valence-corrected chi connectivity index (χ0v) is 19.0. The van der Waals surface area contributed by atoms with E-state index >= 15 is 0 Å². The molecule has 0 aliphatic heterocycles. The van der Waals surface area contributed by atoms with Crippen LogP contribution in [0.1, 0.15) is 92.1 Å². The van der Waals surface area contributed by atoms with E-state index in [1.165, 1.54) is 18.4 Å². The lowest BCUT2D eigenvalue weighted by Gasteiger charge is -2.29. The standard InChI is InChI=1S/C26H40O2/c1-17(2)23(16-25(4,5)6)19-8-10-22(11-9-19)28-24(27)26(7)14-20-12-18(3)13-21(20)15-26/h8-11,17-18,20-21,23H,12-16H2,1-7H3. The lowest BCUT2D eigenvalue weighted by atomic mass is 9.76. The van der Waals surface area contributed by atoms with Crippen molar-refractivity contribution in [3.63, 3.8) is 0 Å². The minimum Gasteiger partial charge on any atom is -0.426 e. The van der Waals surface area contributed by atoms with Gasteiger partial charge in [0.25, 0.3) is 0 Å². The number of rotatable bonds is 5. The molecular formula is C26H40O2. The third-order valence-corrected chi connectivity index (χ3v) is 7.15. The molecule has 2 fully saturated rings. The molecule has 2 heteroatoms. The summed E-state index contributed by atoms with van der Waals surface area (Å²) in [6.07, 6.45) is 5.72. The summed E-state index contributed by atoms with van der Waals surface area (Å²) in [6, 6.07) is 8.30. The second kappa shape index (κ2) is 7.84. The molecule has 156 valence electrons. The summed E-state index contributed by atoms with van der Waals surface area (Å²) in [7, 11) is 0. The van der Waals surface area contributed by atoms with E-state index in [4.69, 9.17) is 4.74 Å². The second-order valence-corrected chi connectivity index (χ2v) is 11.6. The quantitative estimate of drug-likeness (QED) is 0.395. The number of hydrogen-bond acceptors (Lipinski definition) is 2. The van der Waals surface area contributed by atoms with E-state index in [9.17, 15) is 4.79 Å². The summed E-state index contributed by atoms with van der Waals surface area (Å²) in [4.78, 5) is 12.9. The van der Waals surface area contributed by atoms with Crippen molar-refractivity contribution >= 4 is 5.97 Å². The van der Waals surface area contributed by atoms with E-state index in [-0.39, 0.29) is 11.4 Å². The summed E-state index contributed by atoms with van der Waals surface area (Å²) in [6.45, 7) is 16.0. The molecule has 2 nitrogen and oxygen atoms in total. The molecule has 2 saturated carbocycles. The molecule has 3 rings (SSSR count). The largest absolute Gasteiger partial charge is 0.426 e. The Morgan fingerprint density at radius 2 is 1.64 bits per heavy atom. The number of carbonyl (C=O) groups is 1. The first kappa shape index (κ1) is 21.4. The minimum atomic E-state index is -0.305. The SMILES string of the molecule is CC1CC2CC(C)(C(=O)Oc3ccc(C(CC(C)(C)C)C(C)C)cc3)CC2C1. The van der Waals surface area contributed by atoms with Crippen molar-refractivity contribution in [1.82, 2.24) is 0 Å². The van der Waals surface area contributed by atoms with E-state index in [1.54, 1.807) is 0 Å². The van der Waals surface area contributed by atoms with Crippen LogP contribution in [-0.2, 0) is 4.79 Å². The first-order valence-corrected chi connectivity index (χ1v) is 11.3. The minimum absolute atomic E-state index is 0.0302. The van der Waals surface area contributed by atoms with Crippen molar-refractivity contribution < 1.29 is 9.53 Å². The molecule has 1 aromatic carbocycles. The van der Waals surface area contributed by atoms with Gasteiger partial charge in [0, 0.05) is 0 Å². The zero-order chi connectivity index (χ0) is 20.7. The van der Waals surface area contributed by atoms with E-state index in [0.717, 1.165) is 37.0 Å². The van der Waals surface area contributed by atoms with Crippen molar-refractivity contribution in [3.05, 3.63) is 29.8 Å². The molecule has 3 atom stereocenters. The fourth-order valence-corrected chi connectivity index (χ4v) is 5.83. The van der Waals surface area contributed by atoms with E-state index < -0.39 is 0 Å². The van der Waals surface area contributed by atoms with Gasteiger partial charge in [-0.1, -0.05) is 53.7 Å². The Morgan fingerprint density at radius 1 is 1.11 bits per heavy atom. The molecule has 0 amide bonds. The van der Waals surface area contributed by atoms with Crippen molar-refractivity contribution in [2.75, 3.05) is 0 Å². The van der Waals surface area contributed by atoms with Crippen LogP contribution < -0.4 is 4.74 Å². The molecule has 0 N–H and O–H groups in total. The van der Waals surface area contributed by atoms with Gasteiger partial charge in [-0.15, -0.1) is 0 Å². The third-order valence-electron chi connectivity index (χ3n) is 7.15. The van der Waals surface area contributed by atoms with Gasteiger partial charge < -0.3 is 4.74 Å². The molecule has 2 aliphatic rings. The van der Waals surface area contributed by atoms with Crippen molar-refractivity contribution in [2.24, 2.45) is 34.5 Å². The molecule has 0 spiro atoms. The first-order valence-electron chi connectivity index (χ1n) is 11.3. The van der Waals surface area contributed by atoms with Gasteiger partial charge in [-0.3, -0.25) is 4.79 Å². The molecule has 2 aliphatic carbocycles. The van der Waals surface area contributed by atoms with Crippen LogP contribution in [-0.4, -0.2) is 5.97 Å². The van der Waals surface area contributed by atoms with Crippen LogP contribution in [0.2, 0.25) is 0 Å². The van der Waals surface area contributed by atoms with Gasteiger partial charge in [0.05, 0.1) is 5.41 Å². The Morgan fingerprint density at radius 3 is 2.11 bits per heavy atom. The fraction of sp³-hybridized carbons (Fsp3) is 0.731. The first-order chi connectivity index (χ1) is 13.0. The summed E-state index contributed by atoms with van der Waals surface area (Å²) in [5.74, 6) is 4.05. The molecule has 0 bridgehead atoms. The average Bonchev–Trinajstić information content (AvgIpc) is 3.06. The number of esters is 1. The normalized spacial score (nSPS) is 31.1. The molecule has 0 aromatic heterocycles. The Labute approximate surface area is 172 Å². The van der Waals surface area contributed by atoms with Gasteiger partial charge in [0.1, 0.15) is 5.75 Å². The van der Waals surface area contributed by atoms with E-state index in [1.807, 2.05) is 12.1 Å². The van der Waals surface area contributed by atoms with Crippen molar-refractivity contribution in [3.8, 4) is 5.75 Å². The lowest BCUT2D eigenvalue weighted by molar-refractivity contribution is -0.145. The van der Waals surface area contributed by atoms with Crippen LogP contribution in [0.5, 0.6) is 5.75 Å². The van der Waals surface area contributed by atoms with Gasteiger partial charge >= 0.3 is 5.97 Å². The van der Waals surface area contributed by atoms with Gasteiger partial charge in [-0.2, -0.15) is 0 Å². The van der Waals surface area contributed by atoms with Crippen LogP contribution in [0.15, 0.2) is 24.3 Å². The molecule has 0 saturated heterocycles. The molecule has 28 heavy (non-hydrogen) atoms. The Hall–Kier alpha value is -1.31. The fourth-order valence-electron chi connectivity index (χ4n) is 5.83. The highest BCUT2D eigenvalue weighted by molar-refractivity contribution is 5.79. The predicted octanol–water partition coefficient (Wildman–Crippen LogP) is 7.23. The Balaban J connectivity index is 1.65. The monoisotopic (exact) mass is 384 g/mol. The third kappa shape index (κ3) is 4.81. The Kier molecular flexibility index (Phi) is 5.99. The predicted molar refractivity (Wildman–Crippen MR) is 116 cm³/mol. The van der Waals surface area contributed by atoms with Crippen LogP contribution in [0.4, 0.5) is 0 Å². The van der Waals surface area contributed by atoms with Gasteiger partial charge in [0.2, 0.25) is 0 Å². The number of ether oxygens (including phenoxy) is 1. The highest BCUT2D eigenvalue weighted by atomic mass is 16.5.